The molecule has 0 unspecified atom stereocenters. The fraction of sp³-hybridized carbons (Fsp3) is 0.588. The molecule has 0 aromatic heterocycles. The standard InChI is InChI=1S/C17H30N4/c1-14(2)8-7-11-19-17(18-3)20-13-15-9-6-10-16(12-15)21(4)5/h6,9-10,12,14H,7-8,11,13H2,1-5H3,(H2,18,19,20). The number of hydrogen-bond donors (Lipinski definition) is 2. The van der Waals surface area contributed by atoms with Gasteiger partial charge in [0, 0.05) is 39.9 Å². The maximum Gasteiger partial charge on any atom is 0.191 e. The molecule has 0 aliphatic carbocycles. The zero-order valence-electron chi connectivity index (χ0n) is 14.1. The average molecular weight is 290 g/mol. The SMILES string of the molecule is CN=C(NCCCC(C)C)NCc1cccc(N(C)C)c1. The van der Waals surface area contributed by atoms with Crippen molar-refractivity contribution in [1.29, 1.82) is 0 Å². The van der Waals surface area contributed by atoms with Crippen LogP contribution in [0.3, 0.4) is 0 Å². The number of guanidine groups is 1. The van der Waals surface area contributed by atoms with Crippen molar-refractivity contribution in [2.75, 3.05) is 32.6 Å². The van der Waals surface area contributed by atoms with Gasteiger partial charge in [0.2, 0.25) is 0 Å². The van der Waals surface area contributed by atoms with Crippen LogP contribution in [0.4, 0.5) is 5.69 Å². The largest absolute Gasteiger partial charge is 0.378 e. The fourth-order valence-corrected chi connectivity index (χ4v) is 2.07. The summed E-state index contributed by atoms with van der Waals surface area (Å²) >= 11 is 0. The van der Waals surface area contributed by atoms with Crippen molar-refractivity contribution in [2.45, 2.75) is 33.2 Å². The number of nitrogens with one attached hydrogen (secondary N) is 2. The molecular weight excluding hydrogens is 260 g/mol. The van der Waals surface area contributed by atoms with Crippen LogP contribution in [0.5, 0.6) is 0 Å². The average Bonchev–Trinajstić information content (AvgIpc) is 2.46. The van der Waals surface area contributed by atoms with Crippen LogP contribution in [0.25, 0.3) is 0 Å². The molecule has 0 aliphatic heterocycles. The molecule has 0 spiro atoms. The predicted molar refractivity (Wildman–Crippen MR) is 93.0 cm³/mol. The summed E-state index contributed by atoms with van der Waals surface area (Å²) in [5, 5.41) is 6.72. The third kappa shape index (κ3) is 7.02. The van der Waals surface area contributed by atoms with Crippen LogP contribution in [0.2, 0.25) is 0 Å². The fourth-order valence-electron chi connectivity index (χ4n) is 2.07. The summed E-state index contributed by atoms with van der Waals surface area (Å²) in [4.78, 5) is 6.37. The highest BCUT2D eigenvalue weighted by atomic mass is 15.2. The van der Waals surface area contributed by atoms with Gasteiger partial charge in [-0.25, -0.2) is 0 Å². The highest BCUT2D eigenvalue weighted by molar-refractivity contribution is 5.79. The molecule has 4 heteroatoms. The van der Waals surface area contributed by atoms with Crippen molar-refractivity contribution in [2.24, 2.45) is 10.9 Å². The zero-order chi connectivity index (χ0) is 15.7. The van der Waals surface area contributed by atoms with E-state index < -0.39 is 0 Å². The Morgan fingerprint density at radius 1 is 1.24 bits per heavy atom. The molecule has 0 atom stereocenters. The molecule has 0 radical (unpaired) electrons. The first-order valence-electron chi connectivity index (χ1n) is 7.73. The van der Waals surface area contributed by atoms with Crippen LogP contribution >= 0.6 is 0 Å². The van der Waals surface area contributed by atoms with E-state index in [4.69, 9.17) is 0 Å². The summed E-state index contributed by atoms with van der Waals surface area (Å²) in [6, 6.07) is 8.53. The van der Waals surface area contributed by atoms with Crippen LogP contribution in [0.15, 0.2) is 29.3 Å². The Hall–Kier alpha value is -1.71. The molecule has 0 saturated carbocycles. The highest BCUT2D eigenvalue weighted by Gasteiger charge is 2.01. The van der Waals surface area contributed by atoms with E-state index in [1.807, 2.05) is 7.05 Å². The third-order valence-corrected chi connectivity index (χ3v) is 3.36. The van der Waals surface area contributed by atoms with Gasteiger partial charge in [0.25, 0.3) is 0 Å². The summed E-state index contributed by atoms with van der Waals surface area (Å²) in [5.74, 6) is 1.63. The third-order valence-electron chi connectivity index (χ3n) is 3.36. The number of hydrogen-bond acceptors (Lipinski definition) is 2. The molecule has 0 fully saturated rings. The maximum absolute atomic E-state index is 4.26. The van der Waals surface area contributed by atoms with Crippen molar-refractivity contribution >= 4 is 11.6 Å². The van der Waals surface area contributed by atoms with Gasteiger partial charge in [0.05, 0.1) is 0 Å². The number of anilines is 1. The first kappa shape index (κ1) is 17.3. The molecule has 0 bridgehead atoms. The number of benzene rings is 1. The minimum atomic E-state index is 0.760. The van der Waals surface area contributed by atoms with Crippen LogP contribution in [0.1, 0.15) is 32.3 Å². The first-order valence-corrected chi connectivity index (χ1v) is 7.73. The summed E-state index contributed by atoms with van der Waals surface area (Å²) < 4.78 is 0. The lowest BCUT2D eigenvalue weighted by atomic mass is 10.1. The number of rotatable bonds is 7. The lowest BCUT2D eigenvalue weighted by Gasteiger charge is -2.15. The van der Waals surface area contributed by atoms with E-state index in [0.717, 1.165) is 25.0 Å². The van der Waals surface area contributed by atoms with Gasteiger partial charge < -0.3 is 15.5 Å². The number of aliphatic imine (C=N–C) groups is 1. The van der Waals surface area contributed by atoms with E-state index in [1.54, 1.807) is 0 Å². The molecule has 0 saturated heterocycles. The monoisotopic (exact) mass is 290 g/mol. The van der Waals surface area contributed by atoms with E-state index in [9.17, 15) is 0 Å². The second-order valence-electron chi connectivity index (χ2n) is 5.95. The van der Waals surface area contributed by atoms with Crippen molar-refractivity contribution in [1.82, 2.24) is 10.6 Å². The van der Waals surface area contributed by atoms with Crippen molar-refractivity contribution in [3.63, 3.8) is 0 Å². The molecule has 1 rings (SSSR count). The van der Waals surface area contributed by atoms with E-state index in [1.165, 1.54) is 24.1 Å². The van der Waals surface area contributed by atoms with Gasteiger partial charge >= 0.3 is 0 Å². The van der Waals surface area contributed by atoms with Crippen LogP contribution in [-0.4, -0.2) is 33.6 Å². The summed E-state index contributed by atoms with van der Waals surface area (Å²) in [6.45, 7) is 6.26. The van der Waals surface area contributed by atoms with Gasteiger partial charge in [0.15, 0.2) is 5.96 Å². The molecule has 1 aromatic rings. The summed E-state index contributed by atoms with van der Waals surface area (Å²) in [7, 11) is 5.93. The molecule has 0 aliphatic rings. The second kappa shape index (κ2) is 9.27. The Balaban J connectivity index is 2.39. The number of nitrogens with zero attached hydrogens (tertiary/aromatic N) is 2. The topological polar surface area (TPSA) is 39.7 Å². The predicted octanol–water partition coefficient (Wildman–Crippen LogP) is 2.85. The van der Waals surface area contributed by atoms with Gasteiger partial charge in [-0.05, 0) is 36.5 Å². The molecule has 118 valence electrons. The molecular formula is C17H30N4. The summed E-state index contributed by atoms with van der Waals surface area (Å²) in [5.41, 5.74) is 2.47. The molecule has 0 heterocycles. The van der Waals surface area contributed by atoms with Gasteiger partial charge in [-0.3, -0.25) is 4.99 Å². The first-order chi connectivity index (χ1) is 10.0. The minimum absolute atomic E-state index is 0.760. The Morgan fingerprint density at radius 2 is 2.00 bits per heavy atom. The highest BCUT2D eigenvalue weighted by Crippen LogP contribution is 2.13. The lowest BCUT2D eigenvalue weighted by molar-refractivity contribution is 0.549. The van der Waals surface area contributed by atoms with Crippen LogP contribution in [0, 0.1) is 5.92 Å². The molecule has 2 N–H and O–H groups in total. The van der Waals surface area contributed by atoms with E-state index in [2.05, 4.69) is 72.7 Å². The van der Waals surface area contributed by atoms with Crippen molar-refractivity contribution < 1.29 is 0 Å². The van der Waals surface area contributed by atoms with Gasteiger partial charge in [-0.2, -0.15) is 0 Å². The Labute approximate surface area is 129 Å². The normalized spacial score (nSPS) is 11.6. The maximum atomic E-state index is 4.26. The van der Waals surface area contributed by atoms with Crippen molar-refractivity contribution in [3.8, 4) is 0 Å². The molecule has 0 amide bonds. The molecule has 21 heavy (non-hydrogen) atoms. The zero-order valence-corrected chi connectivity index (χ0v) is 14.1. The van der Waals surface area contributed by atoms with Crippen LogP contribution in [-0.2, 0) is 6.54 Å². The molecule has 4 nitrogen and oxygen atoms in total. The van der Waals surface area contributed by atoms with E-state index in [0.29, 0.717) is 0 Å². The van der Waals surface area contributed by atoms with E-state index >= 15 is 0 Å². The molecule has 1 aromatic carbocycles. The quantitative estimate of drug-likeness (QED) is 0.461. The second-order valence-corrected chi connectivity index (χ2v) is 5.95. The van der Waals surface area contributed by atoms with Crippen molar-refractivity contribution in [3.05, 3.63) is 29.8 Å². The minimum Gasteiger partial charge on any atom is -0.378 e. The lowest BCUT2D eigenvalue weighted by Crippen LogP contribution is -2.37. The summed E-state index contributed by atoms with van der Waals surface area (Å²) in [6.07, 6.45) is 2.42. The van der Waals surface area contributed by atoms with Crippen LogP contribution < -0.4 is 15.5 Å². The van der Waals surface area contributed by atoms with E-state index in [-0.39, 0.29) is 0 Å². The van der Waals surface area contributed by atoms with Gasteiger partial charge in [-0.1, -0.05) is 26.0 Å². The smallest absolute Gasteiger partial charge is 0.191 e. The Morgan fingerprint density at radius 3 is 2.62 bits per heavy atom. The van der Waals surface area contributed by atoms with Gasteiger partial charge in [-0.15, -0.1) is 0 Å². The van der Waals surface area contributed by atoms with Gasteiger partial charge in [0.1, 0.15) is 0 Å². The Kier molecular flexibility index (Phi) is 7.65. The Bertz CT molecular complexity index is 438.